The van der Waals surface area contributed by atoms with E-state index >= 15 is 0 Å². The number of nitro benzene ring substituents is 1. The highest BCUT2D eigenvalue weighted by Crippen LogP contribution is 2.30. The summed E-state index contributed by atoms with van der Waals surface area (Å²) in [5.74, 6) is -1.97. The number of tetrazole rings is 1. The summed E-state index contributed by atoms with van der Waals surface area (Å²) in [5.41, 5.74) is -1.13. The van der Waals surface area contributed by atoms with Gasteiger partial charge >= 0.3 is 5.69 Å². The molecule has 0 aliphatic carbocycles. The van der Waals surface area contributed by atoms with Gasteiger partial charge in [-0.05, 0) is 6.92 Å². The van der Waals surface area contributed by atoms with Crippen molar-refractivity contribution in [2.75, 3.05) is 5.32 Å². The molecule has 19 heavy (non-hydrogen) atoms. The van der Waals surface area contributed by atoms with Crippen molar-refractivity contribution in [1.82, 2.24) is 20.6 Å². The van der Waals surface area contributed by atoms with Crippen molar-refractivity contribution < 1.29 is 13.7 Å². The van der Waals surface area contributed by atoms with Gasteiger partial charge in [0.15, 0.2) is 5.82 Å². The van der Waals surface area contributed by atoms with Gasteiger partial charge in [-0.2, -0.15) is 9.60 Å². The summed E-state index contributed by atoms with van der Waals surface area (Å²) < 4.78 is 26.5. The van der Waals surface area contributed by atoms with E-state index in [1.165, 1.54) is 0 Å². The first-order chi connectivity index (χ1) is 8.99. The first kappa shape index (κ1) is 12.8. The number of aromatic amines is 1. The third-order valence-corrected chi connectivity index (χ3v) is 2.33. The molecule has 1 heterocycles. The van der Waals surface area contributed by atoms with Gasteiger partial charge in [0, 0.05) is 12.1 Å². The van der Waals surface area contributed by atoms with Crippen molar-refractivity contribution in [3.8, 4) is 0 Å². The van der Waals surface area contributed by atoms with E-state index in [1.54, 1.807) is 6.92 Å². The lowest BCUT2D eigenvalue weighted by Gasteiger charge is -2.12. The largest absolute Gasteiger partial charge is 0.369 e. The molecule has 1 aromatic carbocycles. The molecule has 1 aromatic heterocycles. The second-order valence-electron chi connectivity index (χ2n) is 3.68. The van der Waals surface area contributed by atoms with Crippen LogP contribution in [0, 0.1) is 21.7 Å². The SMILES string of the molecule is CC(Nc1cc(F)cc(F)c1[N+](=O)[O-])c1nn[nH]n1. The fourth-order valence-corrected chi connectivity index (χ4v) is 1.51. The number of hydrogen-bond acceptors (Lipinski definition) is 6. The van der Waals surface area contributed by atoms with Crippen molar-refractivity contribution >= 4 is 11.4 Å². The summed E-state index contributed by atoms with van der Waals surface area (Å²) in [6.45, 7) is 1.57. The Morgan fingerprint density at radius 3 is 2.79 bits per heavy atom. The first-order valence-corrected chi connectivity index (χ1v) is 5.12. The smallest absolute Gasteiger partial charge is 0.327 e. The highest BCUT2D eigenvalue weighted by molar-refractivity contribution is 5.62. The van der Waals surface area contributed by atoms with Crippen LogP contribution in [0.4, 0.5) is 20.2 Å². The molecule has 8 nitrogen and oxygen atoms in total. The molecule has 2 aromatic rings. The predicted octanol–water partition coefficient (Wildman–Crippen LogP) is 1.56. The van der Waals surface area contributed by atoms with Crippen LogP contribution in [0.3, 0.4) is 0 Å². The van der Waals surface area contributed by atoms with Crippen molar-refractivity contribution in [3.05, 3.63) is 39.7 Å². The Morgan fingerprint density at radius 2 is 2.21 bits per heavy atom. The number of aromatic nitrogens is 4. The summed E-state index contributed by atoms with van der Waals surface area (Å²) in [6.07, 6.45) is 0. The molecule has 0 aliphatic rings. The summed E-state index contributed by atoms with van der Waals surface area (Å²) in [7, 11) is 0. The van der Waals surface area contributed by atoms with Crippen LogP contribution in [0.5, 0.6) is 0 Å². The number of H-pyrrole nitrogens is 1. The molecule has 1 unspecified atom stereocenters. The van der Waals surface area contributed by atoms with Crippen LogP contribution in [0.25, 0.3) is 0 Å². The van der Waals surface area contributed by atoms with Crippen LogP contribution in [0.2, 0.25) is 0 Å². The monoisotopic (exact) mass is 270 g/mol. The molecule has 0 amide bonds. The molecule has 0 radical (unpaired) electrons. The van der Waals surface area contributed by atoms with Crippen molar-refractivity contribution in [2.45, 2.75) is 13.0 Å². The maximum atomic E-state index is 13.4. The van der Waals surface area contributed by atoms with Gasteiger partial charge in [-0.1, -0.05) is 5.21 Å². The minimum atomic E-state index is -1.26. The summed E-state index contributed by atoms with van der Waals surface area (Å²) >= 11 is 0. The van der Waals surface area contributed by atoms with E-state index in [2.05, 4.69) is 25.9 Å². The Labute approximate surface area is 105 Å². The van der Waals surface area contributed by atoms with Gasteiger partial charge in [-0.3, -0.25) is 10.1 Å². The van der Waals surface area contributed by atoms with E-state index < -0.39 is 28.3 Å². The molecule has 100 valence electrons. The third kappa shape index (κ3) is 2.61. The van der Waals surface area contributed by atoms with Crippen LogP contribution in [-0.4, -0.2) is 25.5 Å². The predicted molar refractivity (Wildman–Crippen MR) is 59.2 cm³/mol. The minimum absolute atomic E-state index is 0.207. The number of nitrogens with zero attached hydrogens (tertiary/aromatic N) is 4. The van der Waals surface area contributed by atoms with Crippen molar-refractivity contribution in [2.24, 2.45) is 0 Å². The van der Waals surface area contributed by atoms with Crippen LogP contribution >= 0.6 is 0 Å². The van der Waals surface area contributed by atoms with Crippen LogP contribution in [0.1, 0.15) is 18.8 Å². The van der Waals surface area contributed by atoms with E-state index in [-0.39, 0.29) is 11.5 Å². The maximum Gasteiger partial charge on any atom is 0.327 e. The fourth-order valence-electron chi connectivity index (χ4n) is 1.51. The lowest BCUT2D eigenvalue weighted by atomic mass is 10.2. The Morgan fingerprint density at radius 1 is 1.47 bits per heavy atom. The molecule has 1 atom stereocenters. The van der Waals surface area contributed by atoms with Crippen LogP contribution in [-0.2, 0) is 0 Å². The average molecular weight is 270 g/mol. The second-order valence-corrected chi connectivity index (χ2v) is 3.68. The molecule has 0 aliphatic heterocycles. The number of nitrogens with one attached hydrogen (secondary N) is 2. The van der Waals surface area contributed by atoms with E-state index in [9.17, 15) is 18.9 Å². The van der Waals surface area contributed by atoms with E-state index in [1.807, 2.05) is 0 Å². The number of nitro groups is 1. The Kier molecular flexibility index (Phi) is 3.31. The maximum absolute atomic E-state index is 13.4. The molecule has 0 saturated heterocycles. The topological polar surface area (TPSA) is 110 Å². The normalized spacial score (nSPS) is 12.2. The summed E-state index contributed by atoms with van der Waals surface area (Å²) in [4.78, 5) is 9.84. The number of anilines is 1. The molecule has 2 rings (SSSR count). The average Bonchev–Trinajstić information content (AvgIpc) is 2.80. The van der Waals surface area contributed by atoms with Gasteiger partial charge in [0.1, 0.15) is 11.5 Å². The van der Waals surface area contributed by atoms with Gasteiger partial charge in [0.05, 0.1) is 11.0 Å². The molecule has 2 N–H and O–H groups in total. The zero-order valence-corrected chi connectivity index (χ0v) is 9.59. The molecular formula is C9H8F2N6O2. The van der Waals surface area contributed by atoms with Gasteiger partial charge in [-0.25, -0.2) is 4.39 Å². The Hall–Kier alpha value is -2.65. The summed E-state index contributed by atoms with van der Waals surface area (Å²) in [5, 5.41) is 26.2. The minimum Gasteiger partial charge on any atom is -0.369 e. The van der Waals surface area contributed by atoms with Crippen molar-refractivity contribution in [3.63, 3.8) is 0 Å². The quantitative estimate of drug-likeness (QED) is 0.644. The Balaban J connectivity index is 2.36. The number of benzene rings is 1. The van der Waals surface area contributed by atoms with Gasteiger partial charge < -0.3 is 5.32 Å². The molecule has 0 bridgehead atoms. The highest BCUT2D eigenvalue weighted by Gasteiger charge is 2.24. The molecule has 0 saturated carbocycles. The van der Waals surface area contributed by atoms with Crippen LogP contribution < -0.4 is 5.32 Å². The van der Waals surface area contributed by atoms with Crippen molar-refractivity contribution in [1.29, 1.82) is 0 Å². The van der Waals surface area contributed by atoms with Crippen LogP contribution in [0.15, 0.2) is 12.1 Å². The number of hydrogen-bond donors (Lipinski definition) is 2. The highest BCUT2D eigenvalue weighted by atomic mass is 19.1. The molecular weight excluding hydrogens is 262 g/mol. The standard InChI is InChI=1S/C9H8F2N6O2/c1-4(9-13-15-16-14-9)12-7-3-5(10)2-6(11)8(7)17(18)19/h2-4,12H,1H3,(H,13,14,15,16). The van der Waals surface area contributed by atoms with E-state index in [4.69, 9.17) is 0 Å². The molecule has 10 heteroatoms. The summed E-state index contributed by atoms with van der Waals surface area (Å²) in [6, 6.07) is 0.666. The molecule has 0 fully saturated rings. The van der Waals surface area contributed by atoms with Gasteiger partial charge in [0.25, 0.3) is 0 Å². The zero-order chi connectivity index (χ0) is 14.0. The number of rotatable bonds is 4. The van der Waals surface area contributed by atoms with E-state index in [0.29, 0.717) is 6.07 Å². The first-order valence-electron chi connectivity index (χ1n) is 5.12. The zero-order valence-electron chi connectivity index (χ0n) is 9.59. The third-order valence-electron chi connectivity index (χ3n) is 2.33. The fraction of sp³-hybridized carbons (Fsp3) is 0.222. The lowest BCUT2D eigenvalue weighted by Crippen LogP contribution is -2.11. The number of halogens is 2. The second kappa shape index (κ2) is 4.92. The lowest BCUT2D eigenvalue weighted by molar-refractivity contribution is -0.386. The van der Waals surface area contributed by atoms with E-state index in [0.717, 1.165) is 6.07 Å². The Bertz CT molecular complexity index is 603. The van der Waals surface area contributed by atoms with Gasteiger partial charge in [-0.15, -0.1) is 10.2 Å². The van der Waals surface area contributed by atoms with Gasteiger partial charge in [0.2, 0.25) is 5.82 Å². The molecule has 0 spiro atoms.